The first-order chi connectivity index (χ1) is 9.94. The number of urea groups is 1. The van der Waals surface area contributed by atoms with Crippen molar-refractivity contribution in [2.24, 2.45) is 0 Å². The van der Waals surface area contributed by atoms with Crippen molar-refractivity contribution in [3.05, 3.63) is 0 Å². The molecule has 2 amide bonds. The van der Waals surface area contributed by atoms with Gasteiger partial charge in [-0.1, -0.05) is 27.2 Å². The molecule has 0 aromatic carbocycles. The Bertz CT molecular complexity index is 359. The molecule has 0 aromatic heterocycles. The van der Waals surface area contributed by atoms with Gasteiger partial charge in [-0.25, -0.2) is 4.79 Å². The highest BCUT2D eigenvalue weighted by molar-refractivity contribution is 7.85. The molecule has 0 bridgehead atoms. The summed E-state index contributed by atoms with van der Waals surface area (Å²) in [6.07, 6.45) is 4.97. The average Bonchev–Trinajstić information content (AvgIpc) is 2.52. The topological polar surface area (TPSA) is 78.4 Å². The van der Waals surface area contributed by atoms with Gasteiger partial charge in [0.15, 0.2) is 0 Å². The fraction of sp³-hybridized carbons (Fsp3) is 0.933. The van der Waals surface area contributed by atoms with Gasteiger partial charge in [0, 0.05) is 34.4 Å². The first-order valence-corrected chi connectivity index (χ1v) is 9.46. The molecule has 21 heavy (non-hydrogen) atoms. The summed E-state index contributed by atoms with van der Waals surface area (Å²) in [5.74, 6) is 0.684. The lowest BCUT2D eigenvalue weighted by molar-refractivity contribution is 0.0348. The largest absolute Gasteiger partial charge is 0.388 e. The molecule has 0 aliphatic heterocycles. The maximum atomic E-state index is 11.9. The number of hydrogen-bond donors (Lipinski definition) is 3. The Morgan fingerprint density at radius 1 is 1.29 bits per heavy atom. The second-order valence-corrected chi connectivity index (χ2v) is 7.92. The van der Waals surface area contributed by atoms with Gasteiger partial charge in [0.05, 0.1) is 5.60 Å². The van der Waals surface area contributed by atoms with Crippen molar-refractivity contribution < 1.29 is 14.1 Å². The van der Waals surface area contributed by atoms with E-state index in [9.17, 15) is 14.1 Å². The maximum absolute atomic E-state index is 11.9. The molecule has 0 aromatic rings. The summed E-state index contributed by atoms with van der Waals surface area (Å²) in [6.45, 7) is 6.03. The number of aliphatic hydroxyl groups is 1. The molecule has 0 radical (unpaired) electrons. The summed E-state index contributed by atoms with van der Waals surface area (Å²) in [4.78, 5) is 11.9. The van der Waals surface area contributed by atoms with Crippen molar-refractivity contribution >= 4 is 16.8 Å². The molecule has 1 aliphatic carbocycles. The van der Waals surface area contributed by atoms with Crippen LogP contribution in [0.5, 0.6) is 0 Å². The van der Waals surface area contributed by atoms with Crippen molar-refractivity contribution in [3.8, 4) is 0 Å². The molecule has 124 valence electrons. The zero-order valence-corrected chi connectivity index (χ0v) is 14.3. The fourth-order valence-electron chi connectivity index (χ4n) is 2.73. The van der Waals surface area contributed by atoms with Crippen molar-refractivity contribution in [1.29, 1.82) is 0 Å². The third-order valence-corrected chi connectivity index (χ3v) is 6.25. The van der Waals surface area contributed by atoms with E-state index in [-0.39, 0.29) is 23.9 Å². The number of amides is 2. The van der Waals surface area contributed by atoms with Gasteiger partial charge in [-0.3, -0.25) is 4.21 Å². The number of hydrogen-bond acceptors (Lipinski definition) is 3. The number of carbonyl (C=O) groups excluding carboxylic acids is 1. The monoisotopic (exact) mass is 318 g/mol. The second kappa shape index (κ2) is 8.73. The Morgan fingerprint density at radius 3 is 2.52 bits per heavy atom. The first kappa shape index (κ1) is 18.4. The summed E-state index contributed by atoms with van der Waals surface area (Å²) in [5, 5.41) is 16.1. The zero-order chi connectivity index (χ0) is 15.9. The van der Waals surface area contributed by atoms with Crippen LogP contribution in [-0.2, 0) is 10.8 Å². The third kappa shape index (κ3) is 5.94. The molecule has 0 spiro atoms. The highest BCUT2D eigenvalue weighted by Gasteiger charge is 2.27. The van der Waals surface area contributed by atoms with E-state index < -0.39 is 16.4 Å². The van der Waals surface area contributed by atoms with Crippen LogP contribution in [0.25, 0.3) is 0 Å². The molecule has 1 saturated carbocycles. The van der Waals surface area contributed by atoms with Crippen molar-refractivity contribution in [1.82, 2.24) is 10.6 Å². The molecule has 0 heterocycles. The Balaban J connectivity index is 2.39. The Hall–Kier alpha value is -0.620. The molecule has 1 aliphatic rings. The summed E-state index contributed by atoms with van der Waals surface area (Å²) in [7, 11) is -0.781. The van der Waals surface area contributed by atoms with Gasteiger partial charge in [-0.15, -0.1) is 0 Å². The Kier molecular flexibility index (Phi) is 7.66. The van der Waals surface area contributed by atoms with E-state index in [4.69, 9.17) is 0 Å². The second-order valence-electron chi connectivity index (χ2n) is 5.91. The summed E-state index contributed by atoms with van der Waals surface area (Å²) >= 11 is 0. The molecule has 6 heteroatoms. The molecule has 1 fully saturated rings. The van der Waals surface area contributed by atoms with E-state index >= 15 is 0 Å². The van der Waals surface area contributed by atoms with Crippen LogP contribution >= 0.6 is 0 Å². The Labute approximate surface area is 130 Å². The van der Waals surface area contributed by atoms with Gasteiger partial charge in [0.1, 0.15) is 0 Å². The summed E-state index contributed by atoms with van der Waals surface area (Å²) in [6, 6.07) is -0.140. The van der Waals surface area contributed by atoms with E-state index in [2.05, 4.69) is 10.6 Å². The van der Waals surface area contributed by atoms with Crippen LogP contribution in [0.1, 0.15) is 59.3 Å². The standard InChI is InChI=1S/C15H30N2O3S/c1-4-15(19,5-2)11-16-14(18)17-12-8-7-9-13(10-12)21(20)6-3/h12-13,19H,4-11H2,1-3H3,(H2,16,17,18). The van der Waals surface area contributed by atoms with Crippen molar-refractivity contribution in [2.75, 3.05) is 12.3 Å². The number of carbonyl (C=O) groups is 1. The average molecular weight is 318 g/mol. The van der Waals surface area contributed by atoms with Crippen LogP contribution in [-0.4, -0.2) is 44.5 Å². The molecule has 1 rings (SSSR count). The van der Waals surface area contributed by atoms with Gasteiger partial charge in [-0.2, -0.15) is 0 Å². The number of rotatable bonds is 7. The summed E-state index contributed by atoms with van der Waals surface area (Å²) in [5.41, 5.74) is -0.823. The Morgan fingerprint density at radius 2 is 1.95 bits per heavy atom. The lowest BCUT2D eigenvalue weighted by atomic mass is 9.95. The lowest BCUT2D eigenvalue weighted by Crippen LogP contribution is -2.49. The highest BCUT2D eigenvalue weighted by atomic mass is 32.2. The highest BCUT2D eigenvalue weighted by Crippen LogP contribution is 2.23. The zero-order valence-electron chi connectivity index (χ0n) is 13.5. The van der Waals surface area contributed by atoms with Gasteiger partial charge >= 0.3 is 6.03 Å². The summed E-state index contributed by atoms with van der Waals surface area (Å²) < 4.78 is 11.9. The van der Waals surface area contributed by atoms with E-state index in [0.29, 0.717) is 18.6 Å². The predicted octanol–water partition coefficient (Wildman–Crippen LogP) is 1.92. The SMILES string of the molecule is CCS(=O)C1CCCC(NC(=O)NCC(O)(CC)CC)C1. The van der Waals surface area contributed by atoms with Gasteiger partial charge in [-0.05, 0) is 32.1 Å². The molecule has 3 unspecified atom stereocenters. The minimum Gasteiger partial charge on any atom is -0.388 e. The van der Waals surface area contributed by atoms with E-state index in [1.165, 1.54) is 0 Å². The van der Waals surface area contributed by atoms with Gasteiger partial charge < -0.3 is 15.7 Å². The fourth-order valence-corrected chi connectivity index (χ4v) is 4.08. The van der Waals surface area contributed by atoms with Crippen molar-refractivity contribution in [2.45, 2.75) is 76.2 Å². The van der Waals surface area contributed by atoms with Crippen LogP contribution in [0, 0.1) is 0 Å². The minimum atomic E-state index is -0.823. The smallest absolute Gasteiger partial charge is 0.315 e. The van der Waals surface area contributed by atoms with Crippen molar-refractivity contribution in [3.63, 3.8) is 0 Å². The van der Waals surface area contributed by atoms with Crippen LogP contribution in [0.2, 0.25) is 0 Å². The van der Waals surface area contributed by atoms with E-state index in [1.807, 2.05) is 20.8 Å². The van der Waals surface area contributed by atoms with Gasteiger partial charge in [0.25, 0.3) is 0 Å². The van der Waals surface area contributed by atoms with Crippen LogP contribution in [0.3, 0.4) is 0 Å². The predicted molar refractivity (Wildman–Crippen MR) is 86.8 cm³/mol. The molecular formula is C15H30N2O3S. The third-order valence-electron chi connectivity index (χ3n) is 4.51. The minimum absolute atomic E-state index is 0.0931. The quantitative estimate of drug-likeness (QED) is 0.671. The van der Waals surface area contributed by atoms with Gasteiger partial charge in [0.2, 0.25) is 0 Å². The van der Waals surface area contributed by atoms with Crippen LogP contribution in [0.15, 0.2) is 0 Å². The van der Waals surface area contributed by atoms with E-state index in [0.717, 1.165) is 25.7 Å². The maximum Gasteiger partial charge on any atom is 0.315 e. The molecular weight excluding hydrogens is 288 g/mol. The number of nitrogens with one attached hydrogen (secondary N) is 2. The van der Waals surface area contributed by atoms with E-state index in [1.54, 1.807) is 0 Å². The first-order valence-electron chi connectivity index (χ1n) is 8.08. The molecule has 5 nitrogen and oxygen atoms in total. The van der Waals surface area contributed by atoms with Crippen LogP contribution in [0.4, 0.5) is 4.79 Å². The lowest BCUT2D eigenvalue weighted by Gasteiger charge is -2.30. The normalized spacial score (nSPS) is 24.4. The van der Waals surface area contributed by atoms with Crippen LogP contribution < -0.4 is 10.6 Å². The molecule has 3 N–H and O–H groups in total. The molecule has 0 saturated heterocycles. The molecule has 3 atom stereocenters.